The van der Waals surface area contributed by atoms with Gasteiger partial charge < -0.3 is 15.7 Å². The molecule has 5 rings (SSSR count). The zero-order valence-corrected chi connectivity index (χ0v) is 19.2. The summed E-state index contributed by atoms with van der Waals surface area (Å²) in [5.74, 6) is 1.17. The third kappa shape index (κ3) is 4.51. The number of nitrogens with one attached hydrogen (secondary N) is 2. The predicted octanol–water partition coefficient (Wildman–Crippen LogP) is 4.60. The summed E-state index contributed by atoms with van der Waals surface area (Å²) >= 11 is 1.53. The van der Waals surface area contributed by atoms with Crippen molar-refractivity contribution in [1.29, 1.82) is 0 Å². The first-order chi connectivity index (χ1) is 16.6. The van der Waals surface area contributed by atoms with Gasteiger partial charge in [0, 0.05) is 17.6 Å². The highest BCUT2D eigenvalue weighted by molar-refractivity contribution is 7.98. The number of allylic oxidation sites excluding steroid dienone is 1. The molecule has 0 radical (unpaired) electrons. The number of pyridine rings is 1. The van der Waals surface area contributed by atoms with Crippen molar-refractivity contribution >= 4 is 29.3 Å². The maximum atomic E-state index is 13.4. The minimum atomic E-state index is -0.521. The average Bonchev–Trinajstić information content (AvgIpc) is 3.26. The highest BCUT2D eigenvalue weighted by atomic mass is 32.2. The molecule has 3 N–H and O–H groups in total. The van der Waals surface area contributed by atoms with E-state index in [0.29, 0.717) is 28.1 Å². The Balaban J connectivity index is 1.49. The SMILES string of the molecule is CC1=C(C(=O)Nc2cccnc2)C(c2ccc(O)cc2)n2nc(SCc3ccccc3)nc2N1. The van der Waals surface area contributed by atoms with Crippen molar-refractivity contribution in [2.45, 2.75) is 23.9 Å². The van der Waals surface area contributed by atoms with Crippen molar-refractivity contribution in [1.82, 2.24) is 19.7 Å². The van der Waals surface area contributed by atoms with Gasteiger partial charge in [0.25, 0.3) is 5.91 Å². The zero-order chi connectivity index (χ0) is 23.5. The number of fused-ring (bicyclic) bond motifs is 1. The van der Waals surface area contributed by atoms with Crippen LogP contribution in [-0.4, -0.2) is 30.8 Å². The van der Waals surface area contributed by atoms with Gasteiger partial charge in [0.05, 0.1) is 17.5 Å². The molecule has 1 aliphatic rings. The van der Waals surface area contributed by atoms with Gasteiger partial charge in [-0.15, -0.1) is 5.10 Å². The summed E-state index contributed by atoms with van der Waals surface area (Å²) in [6, 6.07) is 19.9. The minimum Gasteiger partial charge on any atom is -0.508 e. The molecule has 8 nitrogen and oxygen atoms in total. The number of thioether (sulfide) groups is 1. The first kappa shape index (κ1) is 21.7. The van der Waals surface area contributed by atoms with Gasteiger partial charge in [0.1, 0.15) is 11.8 Å². The quantitative estimate of drug-likeness (QED) is 0.354. The Morgan fingerprint density at radius 2 is 1.91 bits per heavy atom. The number of aromatic nitrogens is 4. The van der Waals surface area contributed by atoms with E-state index in [0.717, 1.165) is 11.3 Å². The smallest absolute Gasteiger partial charge is 0.255 e. The first-order valence-corrected chi connectivity index (χ1v) is 11.7. The molecule has 2 aromatic heterocycles. The van der Waals surface area contributed by atoms with E-state index >= 15 is 0 Å². The van der Waals surface area contributed by atoms with Crippen LogP contribution in [0.25, 0.3) is 0 Å². The molecule has 34 heavy (non-hydrogen) atoms. The maximum absolute atomic E-state index is 13.4. The standard InChI is InChI=1S/C25H22N6O2S/c1-16-21(23(33)28-19-8-5-13-26-14-19)22(18-9-11-20(32)12-10-18)31-24(27-16)29-25(30-31)34-15-17-6-3-2-4-7-17/h2-14,22,32H,15H2,1H3,(H,28,33)(H,27,29,30). The van der Waals surface area contributed by atoms with Crippen molar-refractivity contribution in [3.63, 3.8) is 0 Å². The van der Waals surface area contributed by atoms with Gasteiger partial charge in [-0.25, -0.2) is 4.68 Å². The minimum absolute atomic E-state index is 0.151. The van der Waals surface area contributed by atoms with Crippen LogP contribution in [0.4, 0.5) is 11.6 Å². The second kappa shape index (κ2) is 9.40. The number of hydrogen-bond donors (Lipinski definition) is 3. The number of carbonyl (C=O) groups excluding carboxylic acids is 1. The molecular formula is C25H22N6O2S. The fourth-order valence-electron chi connectivity index (χ4n) is 3.81. The Bertz CT molecular complexity index is 1340. The van der Waals surface area contributed by atoms with Gasteiger partial charge >= 0.3 is 0 Å². The highest BCUT2D eigenvalue weighted by Crippen LogP contribution is 2.37. The van der Waals surface area contributed by atoms with Gasteiger partial charge in [-0.05, 0) is 42.3 Å². The van der Waals surface area contributed by atoms with Crippen LogP contribution in [-0.2, 0) is 10.5 Å². The molecule has 3 heterocycles. The van der Waals surface area contributed by atoms with Gasteiger partial charge in [0.2, 0.25) is 11.1 Å². The number of carbonyl (C=O) groups is 1. The lowest BCUT2D eigenvalue weighted by molar-refractivity contribution is -0.113. The van der Waals surface area contributed by atoms with Crippen molar-refractivity contribution in [2.24, 2.45) is 0 Å². The number of amides is 1. The molecule has 9 heteroatoms. The summed E-state index contributed by atoms with van der Waals surface area (Å²) < 4.78 is 1.73. The third-order valence-electron chi connectivity index (χ3n) is 5.42. The maximum Gasteiger partial charge on any atom is 0.255 e. The number of anilines is 2. The van der Waals surface area contributed by atoms with E-state index in [1.165, 1.54) is 17.3 Å². The molecule has 1 unspecified atom stereocenters. The second-order valence-electron chi connectivity index (χ2n) is 7.79. The van der Waals surface area contributed by atoms with Crippen molar-refractivity contribution < 1.29 is 9.90 Å². The number of aromatic hydroxyl groups is 1. The van der Waals surface area contributed by atoms with E-state index in [2.05, 4.69) is 32.7 Å². The summed E-state index contributed by atoms with van der Waals surface area (Å²) in [7, 11) is 0. The van der Waals surface area contributed by atoms with E-state index < -0.39 is 6.04 Å². The molecule has 0 saturated carbocycles. The molecule has 170 valence electrons. The monoisotopic (exact) mass is 470 g/mol. The van der Waals surface area contributed by atoms with Crippen LogP contribution >= 0.6 is 11.8 Å². The molecule has 0 saturated heterocycles. The number of hydrogen-bond acceptors (Lipinski definition) is 7. The fourth-order valence-corrected chi connectivity index (χ4v) is 4.59. The Kier molecular flexibility index (Phi) is 6.01. The van der Waals surface area contributed by atoms with Crippen LogP contribution in [0.1, 0.15) is 24.1 Å². The first-order valence-electron chi connectivity index (χ1n) is 10.7. The number of phenols is 1. The summed E-state index contributed by atoms with van der Waals surface area (Å²) in [6.07, 6.45) is 3.25. The van der Waals surface area contributed by atoms with E-state index in [9.17, 15) is 9.90 Å². The second-order valence-corrected chi connectivity index (χ2v) is 8.73. The van der Waals surface area contributed by atoms with Crippen LogP contribution in [0.5, 0.6) is 5.75 Å². The Morgan fingerprint density at radius 1 is 1.12 bits per heavy atom. The lowest BCUT2D eigenvalue weighted by Gasteiger charge is -2.28. The predicted molar refractivity (Wildman–Crippen MR) is 131 cm³/mol. The number of benzene rings is 2. The van der Waals surface area contributed by atoms with Gasteiger partial charge in [-0.3, -0.25) is 9.78 Å². The number of rotatable bonds is 6. The van der Waals surface area contributed by atoms with E-state index in [1.54, 1.807) is 53.5 Å². The molecule has 1 amide bonds. The fraction of sp³-hybridized carbons (Fsp3) is 0.120. The lowest BCUT2D eigenvalue weighted by atomic mass is 9.95. The molecule has 2 aromatic carbocycles. The molecule has 1 atom stereocenters. The third-order valence-corrected chi connectivity index (χ3v) is 6.33. The topological polar surface area (TPSA) is 105 Å². The summed E-state index contributed by atoms with van der Waals surface area (Å²) in [5.41, 5.74) is 3.76. The van der Waals surface area contributed by atoms with Crippen LogP contribution in [0.2, 0.25) is 0 Å². The largest absolute Gasteiger partial charge is 0.508 e. The molecular weight excluding hydrogens is 448 g/mol. The molecule has 1 aliphatic heterocycles. The van der Waals surface area contributed by atoms with Crippen LogP contribution in [0.3, 0.4) is 0 Å². The van der Waals surface area contributed by atoms with Crippen molar-refractivity contribution in [2.75, 3.05) is 10.6 Å². The van der Waals surface area contributed by atoms with Crippen LogP contribution in [0.15, 0.2) is 95.6 Å². The summed E-state index contributed by atoms with van der Waals surface area (Å²) in [4.78, 5) is 22.1. The zero-order valence-electron chi connectivity index (χ0n) is 18.3. The van der Waals surface area contributed by atoms with Gasteiger partial charge in [0.15, 0.2) is 0 Å². The molecule has 0 fully saturated rings. The molecule has 0 spiro atoms. The highest BCUT2D eigenvalue weighted by Gasteiger charge is 2.34. The molecule has 0 bridgehead atoms. The van der Waals surface area contributed by atoms with E-state index in [4.69, 9.17) is 5.10 Å². The average molecular weight is 471 g/mol. The number of phenolic OH excluding ortho intramolecular Hbond substituents is 1. The normalized spacial score (nSPS) is 14.9. The molecule has 4 aromatic rings. The van der Waals surface area contributed by atoms with Crippen LogP contribution < -0.4 is 10.6 Å². The Labute approximate surface area is 200 Å². The number of nitrogens with zero attached hydrogens (tertiary/aromatic N) is 4. The lowest BCUT2D eigenvalue weighted by Crippen LogP contribution is -2.31. The van der Waals surface area contributed by atoms with Crippen LogP contribution in [0, 0.1) is 0 Å². The van der Waals surface area contributed by atoms with Gasteiger partial charge in [-0.2, -0.15) is 4.98 Å². The van der Waals surface area contributed by atoms with E-state index in [1.807, 2.05) is 25.1 Å². The molecule has 0 aliphatic carbocycles. The van der Waals surface area contributed by atoms with Crippen molar-refractivity contribution in [3.05, 3.63) is 102 Å². The Hall–Kier alpha value is -4.11. The Morgan fingerprint density at radius 3 is 2.65 bits per heavy atom. The summed E-state index contributed by atoms with van der Waals surface area (Å²) in [6.45, 7) is 1.85. The van der Waals surface area contributed by atoms with E-state index in [-0.39, 0.29) is 11.7 Å². The summed E-state index contributed by atoms with van der Waals surface area (Å²) in [5, 5.41) is 21.3. The van der Waals surface area contributed by atoms with Crippen molar-refractivity contribution in [3.8, 4) is 5.75 Å². The van der Waals surface area contributed by atoms with Gasteiger partial charge in [-0.1, -0.05) is 54.2 Å².